The zero-order valence-corrected chi connectivity index (χ0v) is 13.2. The summed E-state index contributed by atoms with van der Waals surface area (Å²) in [7, 11) is 0. The summed E-state index contributed by atoms with van der Waals surface area (Å²) in [5.41, 5.74) is 2.35. The minimum Gasteiger partial charge on any atom is -0.348 e. The molecule has 2 aromatic rings. The number of carbonyl (C=O) groups excluding carboxylic acids is 1. The van der Waals surface area contributed by atoms with E-state index in [0.717, 1.165) is 25.1 Å². The molecule has 1 heterocycles. The van der Waals surface area contributed by atoms with Crippen LogP contribution in [0.2, 0.25) is 0 Å². The van der Waals surface area contributed by atoms with Crippen molar-refractivity contribution >= 4 is 5.91 Å². The van der Waals surface area contributed by atoms with Gasteiger partial charge in [-0.2, -0.15) is 0 Å². The SMILES string of the molecule is Cc1ccc([C@@H](C)NC(=O)CNCCCn2ccnc2)cc1. The van der Waals surface area contributed by atoms with Gasteiger partial charge in [-0.1, -0.05) is 29.8 Å². The molecule has 0 spiro atoms. The first-order chi connectivity index (χ1) is 10.6. The van der Waals surface area contributed by atoms with Crippen LogP contribution in [0.1, 0.15) is 30.5 Å². The Kier molecular flexibility index (Phi) is 6.15. The van der Waals surface area contributed by atoms with Gasteiger partial charge in [0, 0.05) is 18.9 Å². The molecular weight excluding hydrogens is 276 g/mol. The summed E-state index contributed by atoms with van der Waals surface area (Å²) in [6, 6.07) is 8.26. The predicted octanol–water partition coefficient (Wildman–Crippen LogP) is 2.05. The highest BCUT2D eigenvalue weighted by atomic mass is 16.1. The molecule has 2 rings (SSSR count). The maximum absolute atomic E-state index is 11.9. The Balaban J connectivity index is 1.62. The molecule has 0 fully saturated rings. The summed E-state index contributed by atoms with van der Waals surface area (Å²) < 4.78 is 2.03. The van der Waals surface area contributed by atoms with Crippen LogP contribution in [-0.2, 0) is 11.3 Å². The fourth-order valence-corrected chi connectivity index (χ4v) is 2.24. The van der Waals surface area contributed by atoms with Gasteiger partial charge in [0.2, 0.25) is 5.91 Å². The fraction of sp³-hybridized carbons (Fsp3) is 0.412. The van der Waals surface area contributed by atoms with E-state index in [4.69, 9.17) is 0 Å². The molecule has 0 aliphatic rings. The van der Waals surface area contributed by atoms with Gasteiger partial charge in [-0.05, 0) is 32.4 Å². The molecule has 0 aliphatic carbocycles. The first kappa shape index (κ1) is 16.2. The zero-order valence-electron chi connectivity index (χ0n) is 13.2. The average molecular weight is 300 g/mol. The van der Waals surface area contributed by atoms with Crippen LogP contribution in [-0.4, -0.2) is 28.5 Å². The van der Waals surface area contributed by atoms with Crippen molar-refractivity contribution in [2.24, 2.45) is 0 Å². The Morgan fingerprint density at radius 1 is 1.32 bits per heavy atom. The van der Waals surface area contributed by atoms with E-state index < -0.39 is 0 Å². The van der Waals surface area contributed by atoms with Crippen molar-refractivity contribution in [3.8, 4) is 0 Å². The van der Waals surface area contributed by atoms with Gasteiger partial charge in [-0.3, -0.25) is 4.79 Å². The smallest absolute Gasteiger partial charge is 0.234 e. The second-order valence-corrected chi connectivity index (χ2v) is 5.53. The normalized spacial score (nSPS) is 12.1. The van der Waals surface area contributed by atoms with Gasteiger partial charge in [0.05, 0.1) is 18.9 Å². The molecule has 0 saturated carbocycles. The van der Waals surface area contributed by atoms with Crippen LogP contribution in [0.3, 0.4) is 0 Å². The number of hydrogen-bond acceptors (Lipinski definition) is 3. The van der Waals surface area contributed by atoms with Crippen LogP contribution in [0.5, 0.6) is 0 Å². The van der Waals surface area contributed by atoms with Crippen molar-refractivity contribution in [2.45, 2.75) is 32.9 Å². The summed E-state index contributed by atoms with van der Waals surface area (Å²) in [6.45, 7) is 6.13. The monoisotopic (exact) mass is 300 g/mol. The largest absolute Gasteiger partial charge is 0.348 e. The molecule has 2 N–H and O–H groups in total. The highest BCUT2D eigenvalue weighted by Gasteiger charge is 2.08. The molecule has 1 atom stereocenters. The van der Waals surface area contributed by atoms with Gasteiger partial charge in [-0.15, -0.1) is 0 Å². The zero-order chi connectivity index (χ0) is 15.8. The first-order valence-corrected chi connectivity index (χ1v) is 7.67. The Hall–Kier alpha value is -2.14. The standard InChI is InChI=1S/C17H24N4O/c1-14-4-6-16(7-5-14)15(2)20-17(22)12-18-8-3-10-21-11-9-19-13-21/h4-7,9,11,13,15,18H,3,8,10,12H2,1-2H3,(H,20,22)/t15-/m1/s1. The molecule has 0 bridgehead atoms. The molecule has 0 unspecified atom stereocenters. The molecule has 5 heteroatoms. The molecule has 1 aromatic heterocycles. The fourth-order valence-electron chi connectivity index (χ4n) is 2.24. The van der Waals surface area contributed by atoms with E-state index in [0.29, 0.717) is 6.54 Å². The maximum atomic E-state index is 11.9. The van der Waals surface area contributed by atoms with Crippen molar-refractivity contribution in [1.29, 1.82) is 0 Å². The first-order valence-electron chi connectivity index (χ1n) is 7.67. The quantitative estimate of drug-likeness (QED) is 0.734. The third-order valence-corrected chi connectivity index (χ3v) is 3.57. The lowest BCUT2D eigenvalue weighted by Crippen LogP contribution is -2.35. The highest BCUT2D eigenvalue weighted by molar-refractivity contribution is 5.78. The lowest BCUT2D eigenvalue weighted by molar-refractivity contribution is -0.120. The second kappa shape index (κ2) is 8.34. The third kappa shape index (κ3) is 5.33. The number of amides is 1. The molecule has 1 aromatic carbocycles. The average Bonchev–Trinajstić information content (AvgIpc) is 3.00. The summed E-state index contributed by atoms with van der Waals surface area (Å²) in [5, 5.41) is 6.17. The Morgan fingerprint density at radius 2 is 2.09 bits per heavy atom. The number of hydrogen-bond donors (Lipinski definition) is 2. The number of nitrogens with zero attached hydrogens (tertiary/aromatic N) is 2. The Bertz CT molecular complexity index is 563. The number of aromatic nitrogens is 2. The summed E-state index contributed by atoms with van der Waals surface area (Å²) in [4.78, 5) is 15.9. The molecule has 0 radical (unpaired) electrons. The van der Waals surface area contributed by atoms with Crippen molar-refractivity contribution in [3.05, 3.63) is 54.1 Å². The summed E-state index contributed by atoms with van der Waals surface area (Å²) in [6.07, 6.45) is 6.48. The van der Waals surface area contributed by atoms with Crippen molar-refractivity contribution in [2.75, 3.05) is 13.1 Å². The number of aryl methyl sites for hydroxylation is 2. The molecular formula is C17H24N4O. The van der Waals surface area contributed by atoms with Crippen LogP contribution in [0.15, 0.2) is 43.0 Å². The summed E-state index contributed by atoms with van der Waals surface area (Å²) >= 11 is 0. The minimum atomic E-state index is 0.0238. The third-order valence-electron chi connectivity index (χ3n) is 3.57. The van der Waals surface area contributed by atoms with Crippen LogP contribution in [0.4, 0.5) is 0 Å². The molecule has 5 nitrogen and oxygen atoms in total. The van der Waals surface area contributed by atoms with E-state index >= 15 is 0 Å². The van der Waals surface area contributed by atoms with Gasteiger partial charge in [0.25, 0.3) is 0 Å². The van der Waals surface area contributed by atoms with Crippen molar-refractivity contribution in [1.82, 2.24) is 20.2 Å². The Morgan fingerprint density at radius 3 is 2.77 bits per heavy atom. The topological polar surface area (TPSA) is 59.0 Å². The lowest BCUT2D eigenvalue weighted by atomic mass is 10.1. The number of benzene rings is 1. The van der Waals surface area contributed by atoms with Crippen LogP contribution in [0.25, 0.3) is 0 Å². The maximum Gasteiger partial charge on any atom is 0.234 e. The van der Waals surface area contributed by atoms with Crippen molar-refractivity contribution < 1.29 is 4.79 Å². The van der Waals surface area contributed by atoms with Crippen LogP contribution in [0, 0.1) is 6.92 Å². The van der Waals surface area contributed by atoms with E-state index in [9.17, 15) is 4.79 Å². The lowest BCUT2D eigenvalue weighted by Gasteiger charge is -2.15. The van der Waals surface area contributed by atoms with E-state index in [1.54, 1.807) is 12.5 Å². The molecule has 0 saturated heterocycles. The number of nitrogens with one attached hydrogen (secondary N) is 2. The number of rotatable bonds is 8. The second-order valence-electron chi connectivity index (χ2n) is 5.53. The van der Waals surface area contributed by atoms with Gasteiger partial charge >= 0.3 is 0 Å². The predicted molar refractivity (Wildman–Crippen MR) is 87.5 cm³/mol. The van der Waals surface area contributed by atoms with Gasteiger partial charge < -0.3 is 15.2 Å². The van der Waals surface area contributed by atoms with E-state index in [1.165, 1.54) is 5.56 Å². The molecule has 118 valence electrons. The number of imidazole rings is 1. The van der Waals surface area contributed by atoms with E-state index in [1.807, 2.05) is 17.7 Å². The van der Waals surface area contributed by atoms with Crippen LogP contribution < -0.4 is 10.6 Å². The number of carbonyl (C=O) groups is 1. The summed E-state index contributed by atoms with van der Waals surface area (Å²) in [5.74, 6) is 0.0238. The molecule has 1 amide bonds. The minimum absolute atomic E-state index is 0.0238. The molecule has 0 aliphatic heterocycles. The van der Waals surface area contributed by atoms with Crippen molar-refractivity contribution in [3.63, 3.8) is 0 Å². The van der Waals surface area contributed by atoms with Gasteiger partial charge in [-0.25, -0.2) is 4.98 Å². The Labute approximate surface area is 131 Å². The highest BCUT2D eigenvalue weighted by Crippen LogP contribution is 2.12. The molecule has 22 heavy (non-hydrogen) atoms. The van der Waals surface area contributed by atoms with Crippen LogP contribution >= 0.6 is 0 Å². The van der Waals surface area contributed by atoms with E-state index in [2.05, 4.69) is 46.8 Å². The van der Waals surface area contributed by atoms with Gasteiger partial charge in [0.15, 0.2) is 0 Å². The van der Waals surface area contributed by atoms with E-state index in [-0.39, 0.29) is 11.9 Å². The van der Waals surface area contributed by atoms with Gasteiger partial charge in [0.1, 0.15) is 0 Å².